The second kappa shape index (κ2) is 13.3. The first-order chi connectivity index (χ1) is 22.1. The van der Waals surface area contributed by atoms with Gasteiger partial charge in [0.1, 0.15) is 0 Å². The molecular formula is C33H31N5O8. The number of hydrogen-bond donors (Lipinski definition) is 3. The highest BCUT2D eigenvalue weighted by molar-refractivity contribution is 6.45. The highest BCUT2D eigenvalue weighted by Crippen LogP contribution is 2.27. The van der Waals surface area contributed by atoms with Crippen molar-refractivity contribution < 1.29 is 38.2 Å². The summed E-state index contributed by atoms with van der Waals surface area (Å²) in [5.41, 5.74) is 1.58. The monoisotopic (exact) mass is 625 g/mol. The van der Waals surface area contributed by atoms with Gasteiger partial charge in [-0.05, 0) is 43.3 Å². The van der Waals surface area contributed by atoms with Gasteiger partial charge < -0.3 is 34.9 Å². The highest BCUT2D eigenvalue weighted by Gasteiger charge is 2.34. The number of para-hydroxylation sites is 1. The number of hydrogen-bond acceptors (Lipinski definition) is 8. The van der Waals surface area contributed by atoms with Gasteiger partial charge in [-0.1, -0.05) is 30.3 Å². The number of esters is 2. The lowest BCUT2D eigenvalue weighted by atomic mass is 10.1. The number of methoxy groups -OCH3 is 2. The number of carbonyl (C=O) groups excluding carboxylic acids is 6. The average molecular weight is 626 g/mol. The van der Waals surface area contributed by atoms with E-state index in [4.69, 9.17) is 9.47 Å². The minimum atomic E-state index is -0.725. The summed E-state index contributed by atoms with van der Waals surface area (Å²) >= 11 is 0. The first-order valence-corrected chi connectivity index (χ1v) is 14.3. The summed E-state index contributed by atoms with van der Waals surface area (Å²) in [6.07, 6.45) is 1.41. The summed E-state index contributed by atoms with van der Waals surface area (Å²) < 4.78 is 9.46. The van der Waals surface area contributed by atoms with Crippen LogP contribution in [0.2, 0.25) is 0 Å². The molecule has 13 heteroatoms. The molecule has 46 heavy (non-hydrogen) atoms. The Kier molecular flexibility index (Phi) is 9.12. The minimum absolute atomic E-state index is 0.0264. The van der Waals surface area contributed by atoms with Crippen LogP contribution in [-0.2, 0) is 14.3 Å². The van der Waals surface area contributed by atoms with Crippen molar-refractivity contribution in [1.82, 2.24) is 14.8 Å². The number of fused-ring (bicyclic) bond motifs is 1. The quantitative estimate of drug-likeness (QED) is 0.158. The smallest absolute Gasteiger partial charge is 0.337 e. The maximum absolute atomic E-state index is 13.4. The molecule has 236 valence electrons. The Labute approximate surface area is 263 Å². The van der Waals surface area contributed by atoms with E-state index in [9.17, 15) is 28.8 Å². The lowest BCUT2D eigenvalue weighted by Gasteiger charge is -2.39. The van der Waals surface area contributed by atoms with Crippen molar-refractivity contribution in [2.75, 3.05) is 44.5 Å². The number of nitrogens with one attached hydrogen (secondary N) is 3. The van der Waals surface area contributed by atoms with Crippen LogP contribution in [0.15, 0.2) is 72.9 Å². The van der Waals surface area contributed by atoms with Gasteiger partial charge in [0.05, 0.1) is 42.1 Å². The van der Waals surface area contributed by atoms with Gasteiger partial charge in [-0.15, -0.1) is 0 Å². The van der Waals surface area contributed by atoms with Crippen LogP contribution in [0.1, 0.15) is 48.4 Å². The van der Waals surface area contributed by atoms with E-state index >= 15 is 0 Å². The van der Waals surface area contributed by atoms with Crippen LogP contribution in [0.25, 0.3) is 10.9 Å². The number of carbonyl (C=O) groups is 6. The van der Waals surface area contributed by atoms with Crippen LogP contribution in [0.5, 0.6) is 0 Å². The Bertz CT molecular complexity index is 1820. The van der Waals surface area contributed by atoms with Crippen LogP contribution in [0, 0.1) is 0 Å². The molecule has 3 N–H and O–H groups in total. The van der Waals surface area contributed by atoms with E-state index in [-0.39, 0.29) is 54.0 Å². The molecule has 0 aliphatic carbocycles. The highest BCUT2D eigenvalue weighted by atomic mass is 16.5. The second-order valence-corrected chi connectivity index (χ2v) is 10.6. The zero-order valence-corrected chi connectivity index (χ0v) is 25.3. The van der Waals surface area contributed by atoms with Gasteiger partial charge in [-0.2, -0.15) is 0 Å². The van der Waals surface area contributed by atoms with Crippen LogP contribution in [-0.4, -0.2) is 90.2 Å². The molecule has 0 radical (unpaired) electrons. The number of ketones is 1. The van der Waals surface area contributed by atoms with E-state index in [1.807, 2.05) is 6.07 Å². The number of Topliss-reactive ketones (excluding diaryl/α,β-unsaturated/α-hetero) is 1. The molecule has 0 spiro atoms. The lowest BCUT2D eigenvalue weighted by Crippen LogP contribution is -2.56. The van der Waals surface area contributed by atoms with Gasteiger partial charge in [0, 0.05) is 48.5 Å². The van der Waals surface area contributed by atoms with Crippen molar-refractivity contribution in [3.8, 4) is 0 Å². The number of aromatic amines is 1. The van der Waals surface area contributed by atoms with Gasteiger partial charge >= 0.3 is 18.0 Å². The van der Waals surface area contributed by atoms with Crippen LogP contribution in [0.3, 0.4) is 0 Å². The fourth-order valence-electron chi connectivity index (χ4n) is 5.35. The summed E-state index contributed by atoms with van der Waals surface area (Å²) in [7, 11) is 2.37. The summed E-state index contributed by atoms with van der Waals surface area (Å²) in [5, 5.41) is 5.68. The van der Waals surface area contributed by atoms with Crippen molar-refractivity contribution in [2.24, 2.45) is 0 Å². The van der Waals surface area contributed by atoms with Gasteiger partial charge in [0.2, 0.25) is 0 Å². The van der Waals surface area contributed by atoms with Crippen molar-refractivity contribution in [1.29, 1.82) is 0 Å². The number of piperazine rings is 1. The molecule has 1 fully saturated rings. The Hall–Kier alpha value is -5.98. The molecule has 1 atom stereocenters. The maximum Gasteiger partial charge on any atom is 0.337 e. The van der Waals surface area contributed by atoms with Gasteiger partial charge in [0.15, 0.2) is 0 Å². The molecule has 5 rings (SSSR count). The Morgan fingerprint density at radius 2 is 1.48 bits per heavy atom. The van der Waals surface area contributed by atoms with Gasteiger partial charge in [-0.25, -0.2) is 14.4 Å². The fourth-order valence-corrected chi connectivity index (χ4v) is 5.35. The average Bonchev–Trinajstić information content (AvgIpc) is 3.52. The van der Waals surface area contributed by atoms with Gasteiger partial charge in [0.25, 0.3) is 17.6 Å². The molecule has 4 aromatic rings. The maximum atomic E-state index is 13.4. The Morgan fingerprint density at radius 3 is 2.11 bits per heavy atom. The van der Waals surface area contributed by atoms with Crippen LogP contribution in [0.4, 0.5) is 16.2 Å². The molecule has 0 unspecified atom stereocenters. The SMILES string of the molecule is COC(=O)c1cc(NC(=O)Nc2cccc3c(C(=O)C(=O)N4CCN(C(=O)c5ccccc5)C[C@H]4C)c[nH]c23)cc(C(=O)OC)c1. The molecule has 3 aromatic carbocycles. The molecule has 1 aromatic heterocycles. The number of anilines is 2. The molecule has 4 amide bonds. The van der Waals surface area contributed by atoms with E-state index in [1.54, 1.807) is 54.3 Å². The van der Waals surface area contributed by atoms with E-state index in [0.717, 1.165) is 0 Å². The van der Waals surface area contributed by atoms with E-state index < -0.39 is 29.7 Å². The standard InChI is InChI=1S/C33H31N5O8/c1-19-18-37(29(40)20-8-5-4-6-9-20)12-13-38(19)30(41)28(39)25-17-34-27-24(25)10-7-11-26(27)36-33(44)35-23-15-21(31(42)45-2)14-22(16-23)32(43)46-3/h4-11,14-17,19,34H,12-13,18H2,1-3H3,(H2,35,36,44)/t19-/m1/s1. The second-order valence-electron chi connectivity index (χ2n) is 10.6. The van der Waals surface area contributed by atoms with Crippen LogP contribution >= 0.6 is 0 Å². The van der Waals surface area contributed by atoms with E-state index in [2.05, 4.69) is 15.6 Å². The third-order valence-corrected chi connectivity index (χ3v) is 7.63. The van der Waals surface area contributed by atoms with Crippen molar-refractivity contribution >= 4 is 57.8 Å². The third-order valence-electron chi connectivity index (χ3n) is 7.63. The predicted molar refractivity (Wildman–Crippen MR) is 168 cm³/mol. The summed E-state index contributed by atoms with van der Waals surface area (Å²) in [6, 6.07) is 16.6. The summed E-state index contributed by atoms with van der Waals surface area (Å²) in [4.78, 5) is 83.0. The number of amides is 4. The summed E-state index contributed by atoms with van der Waals surface area (Å²) in [5.74, 6) is -2.98. The zero-order chi connectivity index (χ0) is 33.0. The molecule has 1 saturated heterocycles. The number of urea groups is 1. The first-order valence-electron chi connectivity index (χ1n) is 14.3. The van der Waals surface area contributed by atoms with Gasteiger partial charge in [-0.3, -0.25) is 14.4 Å². The summed E-state index contributed by atoms with van der Waals surface area (Å²) in [6.45, 7) is 2.57. The predicted octanol–water partition coefficient (Wildman–Crippen LogP) is 3.94. The molecule has 13 nitrogen and oxygen atoms in total. The number of nitrogens with zero attached hydrogens (tertiary/aromatic N) is 2. The number of benzene rings is 3. The molecule has 0 bridgehead atoms. The number of H-pyrrole nitrogens is 1. The largest absolute Gasteiger partial charge is 0.465 e. The normalized spacial score (nSPS) is 14.4. The molecule has 2 heterocycles. The molecule has 0 saturated carbocycles. The lowest BCUT2D eigenvalue weighted by molar-refractivity contribution is -0.130. The molecule has 1 aliphatic rings. The third kappa shape index (κ3) is 6.43. The molecule has 1 aliphatic heterocycles. The topological polar surface area (TPSA) is 167 Å². The van der Waals surface area contributed by atoms with Crippen molar-refractivity contribution in [2.45, 2.75) is 13.0 Å². The fraction of sp³-hybridized carbons (Fsp3) is 0.212. The number of aromatic nitrogens is 1. The number of rotatable bonds is 7. The van der Waals surface area contributed by atoms with Crippen molar-refractivity contribution in [3.63, 3.8) is 0 Å². The van der Waals surface area contributed by atoms with Crippen molar-refractivity contribution in [3.05, 3.63) is 95.2 Å². The molecular weight excluding hydrogens is 594 g/mol. The Balaban J connectivity index is 1.29. The minimum Gasteiger partial charge on any atom is -0.465 e. The van der Waals surface area contributed by atoms with Crippen LogP contribution < -0.4 is 10.6 Å². The zero-order valence-electron chi connectivity index (χ0n) is 25.3. The first kappa shape index (κ1) is 31.4. The van der Waals surface area contributed by atoms with E-state index in [0.29, 0.717) is 22.2 Å². The number of ether oxygens (including phenoxy) is 2. The Morgan fingerprint density at radius 1 is 0.804 bits per heavy atom. The van der Waals surface area contributed by atoms with E-state index in [1.165, 1.54) is 43.5 Å².